The summed E-state index contributed by atoms with van der Waals surface area (Å²) in [5.74, 6) is -1.44. The van der Waals surface area contributed by atoms with Crippen LogP contribution in [-0.2, 0) is 11.2 Å². The van der Waals surface area contributed by atoms with Gasteiger partial charge in [0.15, 0.2) is 0 Å². The van der Waals surface area contributed by atoms with E-state index in [1.165, 1.54) is 18.3 Å². The van der Waals surface area contributed by atoms with Crippen molar-refractivity contribution in [2.45, 2.75) is 6.42 Å². The minimum atomic E-state index is -1.16. The van der Waals surface area contributed by atoms with E-state index in [-0.39, 0.29) is 18.0 Å². The molecule has 0 radical (unpaired) electrons. The lowest BCUT2D eigenvalue weighted by atomic mass is 10.1. The molecule has 0 aliphatic rings. The first-order valence-electron chi connectivity index (χ1n) is 6.63. The Bertz CT molecular complexity index is 907. The van der Waals surface area contributed by atoms with E-state index >= 15 is 0 Å². The number of aromatic amines is 1. The van der Waals surface area contributed by atoms with Gasteiger partial charge in [-0.1, -0.05) is 11.6 Å². The number of benzene rings is 1. The number of carbonyl (C=O) groups excluding carboxylic acids is 1. The van der Waals surface area contributed by atoms with Gasteiger partial charge < -0.3 is 10.4 Å². The van der Waals surface area contributed by atoms with E-state index in [1.807, 2.05) is 0 Å². The summed E-state index contributed by atoms with van der Waals surface area (Å²) in [6.07, 6.45) is 3.04. The van der Waals surface area contributed by atoms with E-state index in [1.54, 1.807) is 18.3 Å². The van der Waals surface area contributed by atoms with Gasteiger partial charge in [0, 0.05) is 17.3 Å². The maximum atomic E-state index is 12.1. The highest BCUT2D eigenvalue weighted by atomic mass is 35.5. The fourth-order valence-corrected chi connectivity index (χ4v) is 2.47. The fraction of sp³-hybridized carbons (Fsp3) is 0.0667. The third kappa shape index (κ3) is 3.29. The van der Waals surface area contributed by atoms with Gasteiger partial charge in [-0.05, 0) is 29.8 Å². The zero-order valence-corrected chi connectivity index (χ0v) is 12.5. The molecule has 1 amide bonds. The quantitative estimate of drug-likeness (QED) is 0.681. The van der Waals surface area contributed by atoms with Crippen LogP contribution in [0.15, 0.2) is 36.7 Å². The molecule has 0 unspecified atom stereocenters. The third-order valence-corrected chi connectivity index (χ3v) is 3.51. The Morgan fingerprint density at radius 1 is 1.30 bits per heavy atom. The number of H-pyrrole nitrogens is 1. The standard InChI is InChI=1S/C15H11ClN4O3/c16-11-3-8(4-12-10(11)7-18-20-12)5-14(21)19-9-1-2-17-13(6-9)15(22)23/h1-4,6-7H,5H2,(H,18,20)(H,22,23)(H,17,19,21). The van der Waals surface area contributed by atoms with E-state index in [0.717, 1.165) is 16.5 Å². The molecule has 3 N–H and O–H groups in total. The summed E-state index contributed by atoms with van der Waals surface area (Å²) in [5.41, 5.74) is 1.70. The number of anilines is 1. The van der Waals surface area contributed by atoms with Gasteiger partial charge in [0.25, 0.3) is 0 Å². The second kappa shape index (κ2) is 6.05. The molecular weight excluding hydrogens is 320 g/mol. The molecule has 3 rings (SSSR count). The van der Waals surface area contributed by atoms with Crippen LogP contribution in [0.2, 0.25) is 5.02 Å². The van der Waals surface area contributed by atoms with Crippen LogP contribution in [0.4, 0.5) is 5.69 Å². The van der Waals surface area contributed by atoms with Crippen molar-refractivity contribution < 1.29 is 14.7 Å². The molecule has 0 aliphatic carbocycles. The van der Waals surface area contributed by atoms with Gasteiger partial charge in [0.2, 0.25) is 5.91 Å². The van der Waals surface area contributed by atoms with Crippen LogP contribution in [0.25, 0.3) is 10.9 Å². The lowest BCUT2D eigenvalue weighted by Gasteiger charge is -2.06. The van der Waals surface area contributed by atoms with Crippen molar-refractivity contribution in [3.8, 4) is 0 Å². The van der Waals surface area contributed by atoms with E-state index in [0.29, 0.717) is 10.7 Å². The number of aromatic nitrogens is 3. The lowest BCUT2D eigenvalue weighted by Crippen LogP contribution is -2.15. The smallest absolute Gasteiger partial charge is 0.354 e. The molecule has 116 valence electrons. The number of rotatable bonds is 4. The predicted molar refractivity (Wildman–Crippen MR) is 84.6 cm³/mol. The maximum absolute atomic E-state index is 12.1. The number of carbonyl (C=O) groups is 2. The van der Waals surface area contributed by atoms with Crippen molar-refractivity contribution in [3.63, 3.8) is 0 Å². The topological polar surface area (TPSA) is 108 Å². The van der Waals surface area contributed by atoms with Gasteiger partial charge in [-0.2, -0.15) is 5.10 Å². The number of fused-ring (bicyclic) bond motifs is 1. The predicted octanol–water partition coefficient (Wildman–Crippen LogP) is 2.49. The Kier molecular flexibility index (Phi) is 3.94. The molecule has 0 aliphatic heterocycles. The molecule has 0 fully saturated rings. The van der Waals surface area contributed by atoms with Crippen molar-refractivity contribution in [1.29, 1.82) is 0 Å². The molecule has 1 aromatic carbocycles. The Balaban J connectivity index is 1.75. The van der Waals surface area contributed by atoms with E-state index < -0.39 is 5.97 Å². The summed E-state index contributed by atoms with van der Waals surface area (Å²) in [6.45, 7) is 0. The number of nitrogens with one attached hydrogen (secondary N) is 2. The first-order chi connectivity index (χ1) is 11.0. The third-order valence-electron chi connectivity index (χ3n) is 3.20. The van der Waals surface area contributed by atoms with Gasteiger partial charge in [-0.3, -0.25) is 9.89 Å². The normalized spacial score (nSPS) is 10.7. The van der Waals surface area contributed by atoms with Crippen LogP contribution in [0.5, 0.6) is 0 Å². The average molecular weight is 331 g/mol. The van der Waals surface area contributed by atoms with Crippen molar-refractivity contribution in [2.24, 2.45) is 0 Å². The van der Waals surface area contributed by atoms with Gasteiger partial charge in [-0.25, -0.2) is 9.78 Å². The van der Waals surface area contributed by atoms with Crippen molar-refractivity contribution in [3.05, 3.63) is 52.9 Å². The summed E-state index contributed by atoms with van der Waals surface area (Å²) < 4.78 is 0. The molecule has 2 heterocycles. The summed E-state index contributed by atoms with van der Waals surface area (Å²) in [7, 11) is 0. The molecule has 23 heavy (non-hydrogen) atoms. The van der Waals surface area contributed by atoms with Crippen LogP contribution in [0.1, 0.15) is 16.1 Å². The van der Waals surface area contributed by atoms with Gasteiger partial charge in [0.1, 0.15) is 5.69 Å². The molecule has 0 bridgehead atoms. The summed E-state index contributed by atoms with van der Waals surface area (Å²) in [5, 5.41) is 19.5. The first kappa shape index (κ1) is 15.0. The average Bonchev–Trinajstić information content (AvgIpc) is 2.96. The monoisotopic (exact) mass is 330 g/mol. The number of hydrogen-bond acceptors (Lipinski definition) is 4. The Hall–Kier alpha value is -2.93. The van der Waals surface area contributed by atoms with E-state index in [9.17, 15) is 9.59 Å². The molecule has 8 heteroatoms. The maximum Gasteiger partial charge on any atom is 0.354 e. The summed E-state index contributed by atoms with van der Waals surface area (Å²) in [4.78, 5) is 26.7. The number of carboxylic acid groups (broad SMARTS) is 1. The lowest BCUT2D eigenvalue weighted by molar-refractivity contribution is -0.115. The van der Waals surface area contributed by atoms with Crippen molar-refractivity contribution >= 4 is 40.1 Å². The van der Waals surface area contributed by atoms with Gasteiger partial charge in [0.05, 0.1) is 23.2 Å². The van der Waals surface area contributed by atoms with Crippen LogP contribution in [0, 0.1) is 0 Å². The molecule has 0 spiro atoms. The minimum absolute atomic E-state index is 0.0966. The molecule has 7 nitrogen and oxygen atoms in total. The zero-order chi connectivity index (χ0) is 16.4. The molecular formula is C15H11ClN4O3. The van der Waals surface area contributed by atoms with Gasteiger partial charge >= 0.3 is 5.97 Å². The highest BCUT2D eigenvalue weighted by Crippen LogP contribution is 2.24. The number of pyridine rings is 1. The van der Waals surface area contributed by atoms with E-state index in [4.69, 9.17) is 16.7 Å². The minimum Gasteiger partial charge on any atom is -0.477 e. The van der Waals surface area contributed by atoms with Gasteiger partial charge in [-0.15, -0.1) is 0 Å². The number of aromatic carboxylic acids is 1. The largest absolute Gasteiger partial charge is 0.477 e. The van der Waals surface area contributed by atoms with Crippen molar-refractivity contribution in [2.75, 3.05) is 5.32 Å². The molecule has 0 saturated carbocycles. The van der Waals surface area contributed by atoms with Crippen molar-refractivity contribution in [1.82, 2.24) is 15.2 Å². The fourth-order valence-electron chi connectivity index (χ4n) is 2.18. The number of amides is 1. The Morgan fingerprint density at radius 3 is 2.91 bits per heavy atom. The highest BCUT2D eigenvalue weighted by Gasteiger charge is 2.10. The van der Waals surface area contributed by atoms with Crippen LogP contribution in [-0.4, -0.2) is 32.2 Å². The molecule has 0 saturated heterocycles. The zero-order valence-electron chi connectivity index (χ0n) is 11.7. The molecule has 0 atom stereocenters. The Labute approximate surface area is 135 Å². The van der Waals surface area contributed by atoms with E-state index in [2.05, 4.69) is 20.5 Å². The van der Waals surface area contributed by atoms with Crippen LogP contribution >= 0.6 is 11.6 Å². The number of hydrogen-bond donors (Lipinski definition) is 3. The SMILES string of the molecule is O=C(Cc1cc(Cl)c2cn[nH]c2c1)Nc1ccnc(C(=O)O)c1. The molecule has 2 aromatic heterocycles. The highest BCUT2D eigenvalue weighted by molar-refractivity contribution is 6.35. The summed E-state index contributed by atoms with van der Waals surface area (Å²) >= 11 is 6.14. The van der Waals surface area contributed by atoms with Crippen LogP contribution < -0.4 is 5.32 Å². The number of carboxylic acids is 1. The second-order valence-corrected chi connectivity index (χ2v) is 5.28. The number of halogens is 1. The van der Waals surface area contributed by atoms with Crippen LogP contribution in [0.3, 0.4) is 0 Å². The Morgan fingerprint density at radius 2 is 2.13 bits per heavy atom. The first-order valence-corrected chi connectivity index (χ1v) is 7.01. The molecule has 3 aromatic rings. The number of nitrogens with zero attached hydrogens (tertiary/aromatic N) is 2. The summed E-state index contributed by atoms with van der Waals surface area (Å²) in [6, 6.07) is 6.32. The second-order valence-electron chi connectivity index (χ2n) is 4.87.